The second kappa shape index (κ2) is 11.0. The van der Waals surface area contributed by atoms with Gasteiger partial charge in [-0.05, 0) is 83.9 Å². The maximum absolute atomic E-state index is 6.51. The van der Waals surface area contributed by atoms with E-state index in [2.05, 4.69) is 144 Å². The number of hydrogen-bond donors (Lipinski definition) is 0. The molecule has 9 rings (SSSR count). The molecule has 230 valence electrons. The van der Waals surface area contributed by atoms with Crippen LogP contribution in [0.2, 0.25) is 0 Å². The summed E-state index contributed by atoms with van der Waals surface area (Å²) in [6.45, 7) is 4.73. The molecule has 1 aliphatic rings. The lowest BCUT2D eigenvalue weighted by atomic mass is 9.72. The third-order valence-electron chi connectivity index (χ3n) is 9.62. The van der Waals surface area contributed by atoms with E-state index in [0.717, 1.165) is 34.1 Å². The van der Waals surface area contributed by atoms with E-state index in [1.807, 2.05) is 48.7 Å². The van der Waals surface area contributed by atoms with Crippen LogP contribution in [-0.2, 0) is 5.41 Å². The predicted octanol–water partition coefficient (Wildman–Crippen LogP) is 11.7. The van der Waals surface area contributed by atoms with E-state index in [9.17, 15) is 0 Å². The van der Waals surface area contributed by atoms with E-state index < -0.39 is 0 Å². The summed E-state index contributed by atoms with van der Waals surface area (Å²) < 4.78 is 8.91. The Morgan fingerprint density at radius 3 is 2.15 bits per heavy atom. The summed E-state index contributed by atoms with van der Waals surface area (Å²) >= 11 is 0. The molecule has 0 radical (unpaired) electrons. The first-order valence-corrected chi connectivity index (χ1v) is 16.4. The molecular weight excluding hydrogens is 587 g/mol. The van der Waals surface area contributed by atoms with Crippen molar-refractivity contribution in [3.8, 4) is 28.4 Å². The van der Waals surface area contributed by atoms with Gasteiger partial charge >= 0.3 is 0 Å². The highest BCUT2D eigenvalue weighted by Crippen LogP contribution is 2.55. The molecule has 0 spiro atoms. The predicted molar refractivity (Wildman–Crippen MR) is 197 cm³/mol. The molecular formula is C44H33N3O. The average molecular weight is 620 g/mol. The van der Waals surface area contributed by atoms with Crippen LogP contribution in [0.5, 0.6) is 11.5 Å². The average Bonchev–Trinajstić information content (AvgIpc) is 3.47. The summed E-state index contributed by atoms with van der Waals surface area (Å²) in [7, 11) is 0. The molecule has 0 bridgehead atoms. The summed E-state index contributed by atoms with van der Waals surface area (Å²) in [5, 5.41) is 2.54. The van der Waals surface area contributed by atoms with Gasteiger partial charge in [0.05, 0.1) is 28.1 Å². The van der Waals surface area contributed by atoms with Crippen molar-refractivity contribution in [3.63, 3.8) is 0 Å². The Morgan fingerprint density at radius 1 is 0.562 bits per heavy atom. The molecule has 0 amide bonds. The van der Waals surface area contributed by atoms with Crippen molar-refractivity contribution in [1.29, 1.82) is 0 Å². The van der Waals surface area contributed by atoms with E-state index >= 15 is 0 Å². The van der Waals surface area contributed by atoms with Crippen molar-refractivity contribution in [1.82, 2.24) is 9.55 Å². The maximum Gasteiger partial charge on any atom is 0.129 e. The second-order valence-electron chi connectivity index (χ2n) is 12.9. The van der Waals surface area contributed by atoms with Gasteiger partial charge in [0.25, 0.3) is 0 Å². The number of rotatable bonds is 5. The van der Waals surface area contributed by atoms with Crippen LogP contribution in [0.3, 0.4) is 0 Å². The number of hydrogen-bond acceptors (Lipinski definition) is 3. The molecule has 2 aromatic heterocycles. The van der Waals surface area contributed by atoms with E-state index in [-0.39, 0.29) is 5.41 Å². The quantitative estimate of drug-likeness (QED) is 0.192. The zero-order valence-corrected chi connectivity index (χ0v) is 26.8. The van der Waals surface area contributed by atoms with Crippen molar-refractivity contribution >= 4 is 38.9 Å². The first kappa shape index (κ1) is 28.1. The highest BCUT2D eigenvalue weighted by Gasteiger charge is 2.39. The molecule has 1 aliphatic heterocycles. The number of benzene rings is 6. The maximum atomic E-state index is 6.51. The zero-order chi connectivity index (χ0) is 32.2. The normalized spacial score (nSPS) is 13.3. The van der Waals surface area contributed by atoms with Crippen LogP contribution < -0.4 is 9.64 Å². The van der Waals surface area contributed by atoms with Crippen LogP contribution in [0.25, 0.3) is 38.8 Å². The minimum atomic E-state index is -0.256. The first-order valence-electron chi connectivity index (χ1n) is 16.4. The van der Waals surface area contributed by atoms with Crippen LogP contribution in [0.1, 0.15) is 25.0 Å². The third kappa shape index (κ3) is 4.41. The Balaban J connectivity index is 1.23. The minimum Gasteiger partial charge on any atom is -0.457 e. The van der Waals surface area contributed by atoms with Crippen LogP contribution in [-0.4, -0.2) is 9.55 Å². The Hall–Kier alpha value is -6.13. The number of pyridine rings is 1. The Labute approximate surface area is 280 Å². The molecule has 4 heteroatoms. The highest BCUT2D eigenvalue weighted by molar-refractivity contribution is 6.14. The van der Waals surface area contributed by atoms with Gasteiger partial charge in [-0.1, -0.05) is 92.7 Å². The molecule has 4 nitrogen and oxygen atoms in total. The van der Waals surface area contributed by atoms with E-state index in [1.165, 1.54) is 44.3 Å². The fourth-order valence-corrected chi connectivity index (χ4v) is 7.54. The van der Waals surface area contributed by atoms with Crippen LogP contribution in [0.15, 0.2) is 164 Å². The largest absolute Gasteiger partial charge is 0.457 e. The molecule has 0 unspecified atom stereocenters. The Kier molecular flexibility index (Phi) is 6.44. The van der Waals surface area contributed by atoms with E-state index in [4.69, 9.17) is 4.74 Å². The van der Waals surface area contributed by atoms with Gasteiger partial charge in [-0.2, -0.15) is 0 Å². The van der Waals surface area contributed by atoms with Gasteiger partial charge < -0.3 is 14.2 Å². The zero-order valence-electron chi connectivity index (χ0n) is 26.8. The Bertz CT molecular complexity index is 2460. The second-order valence-corrected chi connectivity index (χ2v) is 12.9. The van der Waals surface area contributed by atoms with Crippen molar-refractivity contribution in [2.75, 3.05) is 4.90 Å². The van der Waals surface area contributed by atoms with E-state index in [0.29, 0.717) is 0 Å². The summed E-state index contributed by atoms with van der Waals surface area (Å²) in [5.41, 5.74) is 11.3. The van der Waals surface area contributed by atoms with Crippen LogP contribution in [0, 0.1) is 0 Å². The molecule has 6 aromatic carbocycles. The molecule has 8 aromatic rings. The summed E-state index contributed by atoms with van der Waals surface area (Å²) in [5.74, 6) is 1.54. The number of anilines is 3. The molecule has 0 aliphatic carbocycles. The Morgan fingerprint density at radius 2 is 1.29 bits per heavy atom. The fraction of sp³-hybridized carbons (Fsp3) is 0.0682. The number of nitrogens with zero attached hydrogens (tertiary/aromatic N) is 3. The molecule has 3 heterocycles. The molecule has 0 saturated carbocycles. The lowest BCUT2D eigenvalue weighted by molar-refractivity contribution is 0.483. The lowest BCUT2D eigenvalue weighted by Crippen LogP contribution is -2.30. The number of para-hydroxylation sites is 3. The van der Waals surface area contributed by atoms with Crippen molar-refractivity contribution in [3.05, 3.63) is 175 Å². The topological polar surface area (TPSA) is 30.3 Å². The first-order chi connectivity index (χ1) is 23.6. The van der Waals surface area contributed by atoms with Crippen LogP contribution in [0.4, 0.5) is 17.1 Å². The van der Waals surface area contributed by atoms with Gasteiger partial charge in [0.2, 0.25) is 0 Å². The number of aromatic nitrogens is 2. The van der Waals surface area contributed by atoms with Gasteiger partial charge in [0.1, 0.15) is 11.5 Å². The van der Waals surface area contributed by atoms with Crippen molar-refractivity contribution in [2.24, 2.45) is 0 Å². The van der Waals surface area contributed by atoms with Gasteiger partial charge in [0, 0.05) is 45.4 Å². The van der Waals surface area contributed by atoms with E-state index in [1.54, 1.807) is 0 Å². The summed E-state index contributed by atoms with van der Waals surface area (Å²) in [4.78, 5) is 6.93. The summed E-state index contributed by atoms with van der Waals surface area (Å²) in [6, 6.07) is 55.4. The molecule has 0 fully saturated rings. The van der Waals surface area contributed by atoms with Crippen molar-refractivity contribution < 1.29 is 4.74 Å². The number of ether oxygens (including phenoxy) is 1. The van der Waals surface area contributed by atoms with Crippen LogP contribution >= 0.6 is 0 Å². The van der Waals surface area contributed by atoms with Gasteiger partial charge in [-0.15, -0.1) is 0 Å². The van der Waals surface area contributed by atoms with Gasteiger partial charge in [-0.25, -0.2) is 0 Å². The standard InChI is InChI=1S/C44H33N3O/c1-44(2)36-21-7-9-24-39(36)47(32-17-13-19-34(29-32)48-33-18-12-14-30(28-33)37-22-10-11-27-45-37)41-26-25-40-42(43(41)44)35-20-6-8-23-38(35)46(40)31-15-4-3-5-16-31/h3-29H,1-2H3. The molecule has 48 heavy (non-hydrogen) atoms. The fourth-order valence-electron chi connectivity index (χ4n) is 7.54. The molecule has 0 atom stereocenters. The highest BCUT2D eigenvalue weighted by atomic mass is 16.5. The number of fused-ring (bicyclic) bond motifs is 6. The SMILES string of the molecule is CC1(C)c2ccccc2N(c2cccc(Oc3cccc(-c4ccccn4)c3)c2)c2ccc3c(c21)c1ccccc1n3-c1ccccc1. The van der Waals surface area contributed by atoms with Gasteiger partial charge in [0.15, 0.2) is 0 Å². The lowest BCUT2D eigenvalue weighted by Gasteiger charge is -2.42. The van der Waals surface area contributed by atoms with Crippen molar-refractivity contribution in [2.45, 2.75) is 19.3 Å². The summed E-state index contributed by atoms with van der Waals surface area (Å²) in [6.07, 6.45) is 1.81. The monoisotopic (exact) mass is 619 g/mol. The molecule has 0 saturated heterocycles. The minimum absolute atomic E-state index is 0.256. The smallest absolute Gasteiger partial charge is 0.129 e. The third-order valence-corrected chi connectivity index (χ3v) is 9.62. The van der Waals surface area contributed by atoms with Gasteiger partial charge in [-0.3, -0.25) is 4.98 Å². The molecule has 0 N–H and O–H groups in total.